The van der Waals surface area contributed by atoms with E-state index >= 15 is 0 Å². The lowest BCUT2D eigenvalue weighted by molar-refractivity contribution is -0.154. The van der Waals surface area contributed by atoms with Gasteiger partial charge in [-0.2, -0.15) is 0 Å². The van der Waals surface area contributed by atoms with Crippen LogP contribution in [-0.4, -0.2) is 70.6 Å². The highest BCUT2D eigenvalue weighted by molar-refractivity contribution is 7.99. The number of rotatable bonds is 6. The van der Waals surface area contributed by atoms with Crippen molar-refractivity contribution in [2.45, 2.75) is 33.9 Å². The first-order valence-corrected chi connectivity index (χ1v) is 14.4. The molecular formula is C25H29N3O6S2. The molecule has 0 bridgehead atoms. The van der Waals surface area contributed by atoms with Crippen LogP contribution in [0.15, 0.2) is 57.2 Å². The predicted molar refractivity (Wildman–Crippen MR) is 136 cm³/mol. The maximum atomic E-state index is 12.3. The Morgan fingerprint density at radius 2 is 1.72 bits per heavy atom. The largest absolute Gasteiger partial charge is 0.462 e. The number of nitrogens with one attached hydrogen (secondary N) is 1. The maximum absolute atomic E-state index is 12.3. The van der Waals surface area contributed by atoms with Crippen LogP contribution in [0.5, 0.6) is 0 Å². The Bertz CT molecular complexity index is 1270. The first-order chi connectivity index (χ1) is 17.2. The predicted octanol–water partition coefficient (Wildman–Crippen LogP) is 2.61. The van der Waals surface area contributed by atoms with Gasteiger partial charge in [0.25, 0.3) is 0 Å². The number of amides is 2. The molecule has 2 heterocycles. The molecule has 0 radical (unpaired) electrons. The third-order valence-electron chi connectivity index (χ3n) is 6.45. The molecule has 2 aliphatic rings. The van der Waals surface area contributed by atoms with E-state index in [0.29, 0.717) is 37.4 Å². The number of para-hydroxylation sites is 1. The molecule has 192 valence electrons. The lowest BCUT2D eigenvalue weighted by atomic mass is 9.96. The second-order valence-corrected chi connectivity index (χ2v) is 12.0. The Morgan fingerprint density at radius 3 is 2.42 bits per heavy atom. The molecule has 2 aromatic rings. The molecule has 2 amide bonds. The number of carbonyl (C=O) groups excluding carboxylic acids is 3. The number of nitrogens with zero attached hydrogens (tertiary/aromatic N) is 2. The zero-order valence-corrected chi connectivity index (χ0v) is 21.9. The van der Waals surface area contributed by atoms with Gasteiger partial charge in [0.15, 0.2) is 9.84 Å². The first-order valence-electron chi connectivity index (χ1n) is 11.7. The van der Waals surface area contributed by atoms with Crippen molar-refractivity contribution < 1.29 is 27.5 Å². The molecule has 2 aromatic carbocycles. The SMILES string of the molecule is COC(=O)C(=O)NC(=O)C1CCN(CCCN2c3ccccc3Sc3ccc(S(C)(=O)=O)cc32)CC1. The maximum Gasteiger partial charge on any atom is 0.396 e. The van der Waals surface area contributed by atoms with Crippen LogP contribution in [-0.2, 0) is 29.0 Å². The molecular weight excluding hydrogens is 502 g/mol. The van der Waals surface area contributed by atoms with E-state index in [0.717, 1.165) is 41.2 Å². The van der Waals surface area contributed by atoms with E-state index in [-0.39, 0.29) is 5.92 Å². The van der Waals surface area contributed by atoms with Crippen LogP contribution < -0.4 is 10.2 Å². The van der Waals surface area contributed by atoms with Crippen molar-refractivity contribution in [3.8, 4) is 0 Å². The van der Waals surface area contributed by atoms with Gasteiger partial charge in [-0.15, -0.1) is 0 Å². The number of anilines is 2. The highest BCUT2D eigenvalue weighted by atomic mass is 32.2. The van der Waals surface area contributed by atoms with Crippen LogP contribution in [0, 0.1) is 5.92 Å². The van der Waals surface area contributed by atoms with E-state index in [1.165, 1.54) is 6.26 Å². The number of hydrogen-bond donors (Lipinski definition) is 1. The molecule has 1 saturated heterocycles. The van der Waals surface area contributed by atoms with Gasteiger partial charge in [-0.1, -0.05) is 23.9 Å². The number of ether oxygens (including phenoxy) is 1. The van der Waals surface area contributed by atoms with Gasteiger partial charge < -0.3 is 14.5 Å². The van der Waals surface area contributed by atoms with Gasteiger partial charge in [0.05, 0.1) is 23.4 Å². The molecule has 11 heteroatoms. The average Bonchev–Trinajstić information content (AvgIpc) is 2.87. The summed E-state index contributed by atoms with van der Waals surface area (Å²) in [4.78, 5) is 42.0. The monoisotopic (exact) mass is 531 g/mol. The molecule has 0 atom stereocenters. The van der Waals surface area contributed by atoms with Crippen LogP contribution >= 0.6 is 11.8 Å². The Labute approximate surface area is 215 Å². The number of piperidine rings is 1. The molecule has 36 heavy (non-hydrogen) atoms. The number of hydrogen-bond acceptors (Lipinski definition) is 9. The summed E-state index contributed by atoms with van der Waals surface area (Å²) in [7, 11) is -2.23. The topological polar surface area (TPSA) is 113 Å². The van der Waals surface area contributed by atoms with E-state index in [1.54, 1.807) is 23.9 Å². The standard InChI is InChI=1S/C25H29N3O6S2/c1-34-25(31)24(30)26-23(29)17-10-14-27(15-11-17)12-5-13-28-19-6-3-4-7-21(19)35-22-9-8-18(16-20(22)28)36(2,32)33/h3-4,6-9,16-17H,5,10-15H2,1-2H3,(H,26,29,30). The van der Waals surface area contributed by atoms with Gasteiger partial charge >= 0.3 is 11.9 Å². The number of esters is 1. The highest BCUT2D eigenvalue weighted by Crippen LogP contribution is 2.48. The zero-order chi connectivity index (χ0) is 25.9. The Kier molecular flexibility index (Phi) is 8.01. The zero-order valence-electron chi connectivity index (χ0n) is 20.2. The number of fused-ring (bicyclic) bond motifs is 2. The van der Waals surface area contributed by atoms with Crippen molar-refractivity contribution in [1.29, 1.82) is 0 Å². The van der Waals surface area contributed by atoms with E-state index in [1.807, 2.05) is 18.2 Å². The second-order valence-electron chi connectivity index (χ2n) is 8.90. The van der Waals surface area contributed by atoms with Gasteiger partial charge in [-0.05, 0) is 69.2 Å². The molecule has 0 spiro atoms. The lowest BCUT2D eigenvalue weighted by Gasteiger charge is -2.35. The number of carbonyl (C=O) groups is 3. The second kappa shape index (κ2) is 11.0. The minimum Gasteiger partial charge on any atom is -0.462 e. The van der Waals surface area contributed by atoms with Gasteiger partial charge in [-0.3, -0.25) is 14.9 Å². The lowest BCUT2D eigenvalue weighted by Crippen LogP contribution is -2.44. The minimum atomic E-state index is -3.32. The van der Waals surface area contributed by atoms with E-state index in [4.69, 9.17) is 0 Å². The number of benzene rings is 2. The van der Waals surface area contributed by atoms with E-state index < -0.39 is 27.6 Å². The summed E-state index contributed by atoms with van der Waals surface area (Å²) >= 11 is 1.64. The molecule has 4 rings (SSSR count). The first kappa shape index (κ1) is 26.2. The number of methoxy groups -OCH3 is 1. The molecule has 0 saturated carbocycles. The van der Waals surface area contributed by atoms with Crippen LogP contribution in [0.25, 0.3) is 0 Å². The summed E-state index contributed by atoms with van der Waals surface area (Å²) in [5.74, 6) is -2.87. The van der Waals surface area contributed by atoms with E-state index in [2.05, 4.69) is 32.0 Å². The van der Waals surface area contributed by atoms with Crippen LogP contribution in [0.1, 0.15) is 19.3 Å². The van der Waals surface area contributed by atoms with Crippen LogP contribution in [0.2, 0.25) is 0 Å². The van der Waals surface area contributed by atoms with Crippen LogP contribution in [0.4, 0.5) is 11.4 Å². The van der Waals surface area contributed by atoms with Crippen molar-refractivity contribution in [2.24, 2.45) is 5.92 Å². The van der Waals surface area contributed by atoms with Crippen molar-refractivity contribution >= 4 is 50.8 Å². The Hall–Kier alpha value is -2.89. The Balaban J connectivity index is 1.37. The van der Waals surface area contributed by atoms with E-state index in [9.17, 15) is 22.8 Å². The number of imide groups is 1. The van der Waals surface area contributed by atoms with Crippen molar-refractivity contribution in [2.75, 3.05) is 44.4 Å². The smallest absolute Gasteiger partial charge is 0.396 e. The summed E-state index contributed by atoms with van der Waals surface area (Å²) in [5.41, 5.74) is 1.96. The number of sulfone groups is 1. The summed E-state index contributed by atoms with van der Waals surface area (Å²) in [5, 5.41) is 2.11. The third-order valence-corrected chi connectivity index (χ3v) is 8.69. The molecule has 0 unspecified atom stereocenters. The molecule has 1 N–H and O–H groups in total. The molecule has 0 aliphatic carbocycles. The quantitative estimate of drug-likeness (QED) is 0.444. The van der Waals surface area contributed by atoms with Gasteiger partial charge in [0.2, 0.25) is 5.91 Å². The minimum absolute atomic E-state index is 0.303. The van der Waals surface area contributed by atoms with Crippen molar-refractivity contribution in [3.63, 3.8) is 0 Å². The van der Waals surface area contributed by atoms with Crippen LogP contribution in [0.3, 0.4) is 0 Å². The Morgan fingerprint density at radius 1 is 1.03 bits per heavy atom. The van der Waals surface area contributed by atoms with Gasteiger partial charge in [-0.25, -0.2) is 13.2 Å². The van der Waals surface area contributed by atoms with Crippen molar-refractivity contribution in [1.82, 2.24) is 10.2 Å². The number of likely N-dealkylation sites (tertiary alicyclic amines) is 1. The molecule has 9 nitrogen and oxygen atoms in total. The van der Waals surface area contributed by atoms with Gasteiger partial charge in [0.1, 0.15) is 0 Å². The average molecular weight is 532 g/mol. The summed E-state index contributed by atoms with van der Waals surface area (Å²) in [6.45, 7) is 2.96. The molecule has 1 fully saturated rings. The fourth-order valence-electron chi connectivity index (χ4n) is 4.51. The summed E-state index contributed by atoms with van der Waals surface area (Å²) in [6, 6.07) is 13.4. The summed E-state index contributed by atoms with van der Waals surface area (Å²) < 4.78 is 28.7. The fourth-order valence-corrected chi connectivity index (χ4v) is 6.23. The molecule has 0 aromatic heterocycles. The summed E-state index contributed by atoms with van der Waals surface area (Å²) in [6.07, 6.45) is 3.27. The normalized spacial score (nSPS) is 16.1. The fraction of sp³-hybridized carbons (Fsp3) is 0.400. The van der Waals surface area contributed by atoms with Crippen molar-refractivity contribution in [3.05, 3.63) is 42.5 Å². The van der Waals surface area contributed by atoms with Gasteiger partial charge in [0, 0.05) is 28.5 Å². The third kappa shape index (κ3) is 5.91. The highest BCUT2D eigenvalue weighted by Gasteiger charge is 2.29. The molecule has 2 aliphatic heterocycles.